The summed E-state index contributed by atoms with van der Waals surface area (Å²) in [5.74, 6) is -0.0924. The van der Waals surface area contributed by atoms with E-state index in [4.69, 9.17) is 17.3 Å². The standard InChI is InChI=1S/C9H12ClNO2/c1-5-2-6(8(12)4-11)9(13)7(10)3-5/h2-3,8,12-13H,4,11H2,1H3. The van der Waals surface area contributed by atoms with Gasteiger partial charge in [0.15, 0.2) is 0 Å². The maximum absolute atomic E-state index is 9.48. The van der Waals surface area contributed by atoms with Crippen LogP contribution in [0.3, 0.4) is 0 Å². The van der Waals surface area contributed by atoms with E-state index in [1.54, 1.807) is 12.1 Å². The summed E-state index contributed by atoms with van der Waals surface area (Å²) in [5, 5.41) is 19.1. The first-order valence-corrected chi connectivity index (χ1v) is 4.31. The van der Waals surface area contributed by atoms with Crippen molar-refractivity contribution in [2.45, 2.75) is 13.0 Å². The summed E-state index contributed by atoms with van der Waals surface area (Å²) in [5.41, 5.74) is 6.53. The number of phenolic OH excluding ortho intramolecular Hbond substituents is 1. The van der Waals surface area contributed by atoms with Crippen LogP contribution in [0, 0.1) is 6.92 Å². The number of rotatable bonds is 2. The number of aryl methyl sites for hydroxylation is 1. The summed E-state index contributed by atoms with van der Waals surface area (Å²) in [6, 6.07) is 3.29. The SMILES string of the molecule is Cc1cc(Cl)c(O)c(C(O)CN)c1. The Hall–Kier alpha value is -0.770. The van der Waals surface area contributed by atoms with Gasteiger partial charge in [0.2, 0.25) is 0 Å². The molecule has 0 saturated carbocycles. The van der Waals surface area contributed by atoms with Gasteiger partial charge in [-0.1, -0.05) is 11.6 Å². The number of halogens is 1. The summed E-state index contributed by atoms with van der Waals surface area (Å²) >= 11 is 5.72. The Balaban J connectivity index is 3.20. The van der Waals surface area contributed by atoms with Crippen molar-refractivity contribution in [1.29, 1.82) is 0 Å². The molecule has 0 bridgehead atoms. The Bertz CT molecular complexity index is 315. The van der Waals surface area contributed by atoms with E-state index in [0.717, 1.165) is 5.56 Å². The van der Waals surface area contributed by atoms with Gasteiger partial charge in [-0.15, -0.1) is 0 Å². The molecular weight excluding hydrogens is 190 g/mol. The van der Waals surface area contributed by atoms with Gasteiger partial charge in [-0.25, -0.2) is 0 Å². The van der Waals surface area contributed by atoms with Crippen molar-refractivity contribution in [3.8, 4) is 5.75 Å². The first-order chi connectivity index (χ1) is 6.06. The minimum atomic E-state index is -0.864. The van der Waals surface area contributed by atoms with Crippen LogP contribution in [-0.4, -0.2) is 16.8 Å². The molecule has 13 heavy (non-hydrogen) atoms. The fourth-order valence-electron chi connectivity index (χ4n) is 1.14. The molecular formula is C9H12ClNO2. The van der Waals surface area contributed by atoms with Crippen molar-refractivity contribution >= 4 is 11.6 Å². The quantitative estimate of drug-likeness (QED) is 0.677. The van der Waals surface area contributed by atoms with Gasteiger partial charge in [0.05, 0.1) is 11.1 Å². The van der Waals surface area contributed by atoms with E-state index < -0.39 is 6.10 Å². The third-order valence-electron chi connectivity index (χ3n) is 1.82. The highest BCUT2D eigenvalue weighted by molar-refractivity contribution is 6.32. The van der Waals surface area contributed by atoms with Crippen LogP contribution in [0.5, 0.6) is 5.75 Å². The molecule has 0 amide bonds. The van der Waals surface area contributed by atoms with E-state index in [1.807, 2.05) is 6.92 Å². The first kappa shape index (κ1) is 10.3. The molecule has 1 atom stereocenters. The fraction of sp³-hybridized carbons (Fsp3) is 0.333. The third kappa shape index (κ3) is 2.12. The van der Waals surface area contributed by atoms with Crippen molar-refractivity contribution in [1.82, 2.24) is 0 Å². The zero-order valence-electron chi connectivity index (χ0n) is 7.29. The van der Waals surface area contributed by atoms with E-state index in [9.17, 15) is 10.2 Å². The molecule has 0 saturated heterocycles. The average Bonchev–Trinajstić information content (AvgIpc) is 2.10. The van der Waals surface area contributed by atoms with E-state index in [2.05, 4.69) is 0 Å². The van der Waals surface area contributed by atoms with Crippen LogP contribution in [0.4, 0.5) is 0 Å². The molecule has 1 unspecified atom stereocenters. The number of aliphatic hydroxyl groups is 1. The molecule has 0 aliphatic carbocycles. The molecule has 0 aliphatic rings. The Morgan fingerprint density at radius 2 is 2.15 bits per heavy atom. The van der Waals surface area contributed by atoms with Crippen LogP contribution in [0.25, 0.3) is 0 Å². The lowest BCUT2D eigenvalue weighted by molar-refractivity contribution is 0.182. The molecule has 0 heterocycles. The molecule has 0 radical (unpaired) electrons. The van der Waals surface area contributed by atoms with Gasteiger partial charge in [0.1, 0.15) is 5.75 Å². The summed E-state index contributed by atoms with van der Waals surface area (Å²) in [7, 11) is 0. The third-order valence-corrected chi connectivity index (χ3v) is 2.11. The monoisotopic (exact) mass is 201 g/mol. The lowest BCUT2D eigenvalue weighted by Gasteiger charge is -2.12. The van der Waals surface area contributed by atoms with Crippen LogP contribution in [0.1, 0.15) is 17.2 Å². The second-order valence-electron chi connectivity index (χ2n) is 2.94. The number of aliphatic hydroxyl groups excluding tert-OH is 1. The Morgan fingerprint density at radius 3 is 2.69 bits per heavy atom. The zero-order valence-corrected chi connectivity index (χ0v) is 8.04. The minimum absolute atomic E-state index is 0.0628. The number of benzene rings is 1. The predicted octanol–water partition coefficient (Wildman–Crippen LogP) is 1.35. The fourth-order valence-corrected chi connectivity index (χ4v) is 1.42. The van der Waals surface area contributed by atoms with Crippen LogP contribution >= 0.6 is 11.6 Å². The lowest BCUT2D eigenvalue weighted by Crippen LogP contribution is -2.11. The first-order valence-electron chi connectivity index (χ1n) is 3.93. The molecule has 1 rings (SSSR count). The van der Waals surface area contributed by atoms with Crippen molar-refractivity contribution in [3.05, 3.63) is 28.3 Å². The van der Waals surface area contributed by atoms with Crippen molar-refractivity contribution in [2.24, 2.45) is 5.73 Å². The van der Waals surface area contributed by atoms with Crippen LogP contribution in [0.2, 0.25) is 5.02 Å². The molecule has 4 heteroatoms. The number of aromatic hydroxyl groups is 1. The van der Waals surface area contributed by atoms with Gasteiger partial charge in [-0.05, 0) is 24.6 Å². The Morgan fingerprint density at radius 1 is 1.54 bits per heavy atom. The highest BCUT2D eigenvalue weighted by atomic mass is 35.5. The average molecular weight is 202 g/mol. The molecule has 1 aromatic carbocycles. The molecule has 0 spiro atoms. The Kier molecular flexibility index (Phi) is 3.14. The van der Waals surface area contributed by atoms with E-state index in [0.29, 0.717) is 5.56 Å². The number of hydrogen-bond acceptors (Lipinski definition) is 3. The summed E-state index contributed by atoms with van der Waals surface area (Å²) in [6.07, 6.45) is -0.864. The molecule has 1 aromatic rings. The van der Waals surface area contributed by atoms with Gasteiger partial charge in [0, 0.05) is 12.1 Å². The largest absolute Gasteiger partial charge is 0.506 e. The zero-order chi connectivity index (χ0) is 10.0. The topological polar surface area (TPSA) is 66.5 Å². The molecule has 72 valence electrons. The number of nitrogens with two attached hydrogens (primary N) is 1. The van der Waals surface area contributed by atoms with Crippen molar-refractivity contribution in [3.63, 3.8) is 0 Å². The van der Waals surface area contributed by atoms with E-state index in [-0.39, 0.29) is 17.3 Å². The summed E-state index contributed by atoms with van der Waals surface area (Å²) < 4.78 is 0. The van der Waals surface area contributed by atoms with Crippen molar-refractivity contribution < 1.29 is 10.2 Å². The maximum Gasteiger partial charge on any atom is 0.140 e. The van der Waals surface area contributed by atoms with Gasteiger partial charge in [-0.3, -0.25) is 0 Å². The molecule has 4 N–H and O–H groups in total. The molecule has 0 aliphatic heterocycles. The second-order valence-corrected chi connectivity index (χ2v) is 3.34. The lowest BCUT2D eigenvalue weighted by atomic mass is 10.1. The van der Waals surface area contributed by atoms with Crippen LogP contribution < -0.4 is 5.73 Å². The normalized spacial score (nSPS) is 12.9. The van der Waals surface area contributed by atoms with Gasteiger partial charge in [-0.2, -0.15) is 0 Å². The highest BCUT2D eigenvalue weighted by Crippen LogP contribution is 2.32. The minimum Gasteiger partial charge on any atom is -0.506 e. The number of phenols is 1. The van der Waals surface area contributed by atoms with E-state index in [1.165, 1.54) is 0 Å². The van der Waals surface area contributed by atoms with Crippen molar-refractivity contribution in [2.75, 3.05) is 6.54 Å². The highest BCUT2D eigenvalue weighted by Gasteiger charge is 2.13. The van der Waals surface area contributed by atoms with Gasteiger partial charge < -0.3 is 15.9 Å². The summed E-state index contributed by atoms with van der Waals surface area (Å²) in [4.78, 5) is 0. The van der Waals surface area contributed by atoms with Crippen LogP contribution in [0.15, 0.2) is 12.1 Å². The maximum atomic E-state index is 9.48. The molecule has 0 fully saturated rings. The summed E-state index contributed by atoms with van der Waals surface area (Å²) in [6.45, 7) is 1.89. The molecule has 0 aromatic heterocycles. The predicted molar refractivity (Wildman–Crippen MR) is 51.9 cm³/mol. The van der Waals surface area contributed by atoms with Crippen LogP contribution in [-0.2, 0) is 0 Å². The molecule has 3 nitrogen and oxygen atoms in total. The van der Waals surface area contributed by atoms with Gasteiger partial charge >= 0.3 is 0 Å². The second kappa shape index (κ2) is 3.96. The number of hydrogen-bond donors (Lipinski definition) is 3. The Labute approximate surface area is 81.8 Å². The van der Waals surface area contributed by atoms with Gasteiger partial charge in [0.25, 0.3) is 0 Å². The smallest absolute Gasteiger partial charge is 0.140 e. The van der Waals surface area contributed by atoms with E-state index >= 15 is 0 Å².